The summed E-state index contributed by atoms with van der Waals surface area (Å²) in [7, 11) is 0. The van der Waals surface area contributed by atoms with Crippen LogP contribution in [0.3, 0.4) is 0 Å². The monoisotopic (exact) mass is 170 g/mol. The van der Waals surface area contributed by atoms with Crippen molar-refractivity contribution in [2.24, 2.45) is 5.41 Å². The third-order valence-corrected chi connectivity index (χ3v) is 1.75. The number of aliphatic hydroxyl groups is 1. The second kappa shape index (κ2) is 5.13. The minimum Gasteiger partial charge on any atom is -0.396 e. The fraction of sp³-hybridized carbons (Fsp3) is 0.889. The van der Waals surface area contributed by atoms with Crippen molar-refractivity contribution >= 4 is 0 Å². The van der Waals surface area contributed by atoms with Gasteiger partial charge in [-0.3, -0.25) is 0 Å². The number of rotatable bonds is 5. The molecule has 12 heavy (non-hydrogen) atoms. The summed E-state index contributed by atoms with van der Waals surface area (Å²) in [6.45, 7) is 6.85. The molecule has 0 radical (unpaired) electrons. The maximum absolute atomic E-state index is 8.93. The lowest BCUT2D eigenvalue weighted by molar-refractivity contribution is 0.154. The molecule has 0 heterocycles. The van der Waals surface area contributed by atoms with E-state index >= 15 is 0 Å². The van der Waals surface area contributed by atoms with Gasteiger partial charge < -0.3 is 10.4 Å². The first-order valence-electron chi connectivity index (χ1n) is 4.23. The molecule has 70 valence electrons. The molecule has 0 aliphatic carbocycles. The predicted molar refractivity (Wildman–Crippen MR) is 48.6 cm³/mol. The van der Waals surface area contributed by atoms with E-state index in [1.54, 1.807) is 0 Å². The van der Waals surface area contributed by atoms with Crippen LogP contribution in [0.5, 0.6) is 0 Å². The number of nitrogens with one attached hydrogen (secondary N) is 1. The lowest BCUT2D eigenvalue weighted by Crippen LogP contribution is -2.37. The van der Waals surface area contributed by atoms with Crippen molar-refractivity contribution in [1.82, 2.24) is 5.32 Å². The van der Waals surface area contributed by atoms with Crippen LogP contribution in [-0.2, 0) is 0 Å². The van der Waals surface area contributed by atoms with E-state index in [9.17, 15) is 0 Å². The largest absolute Gasteiger partial charge is 0.396 e. The van der Waals surface area contributed by atoms with Gasteiger partial charge in [0.05, 0.1) is 12.5 Å². The van der Waals surface area contributed by atoms with Gasteiger partial charge in [0.1, 0.15) is 0 Å². The molecule has 0 rings (SSSR count). The molecule has 0 spiro atoms. The lowest BCUT2D eigenvalue weighted by atomic mass is 9.94. The van der Waals surface area contributed by atoms with Gasteiger partial charge in [-0.1, -0.05) is 13.8 Å². The Morgan fingerprint density at radius 3 is 2.58 bits per heavy atom. The topological polar surface area (TPSA) is 56.0 Å². The molecular formula is C9H18N2O. The van der Waals surface area contributed by atoms with E-state index in [0.717, 1.165) is 6.54 Å². The standard InChI is InChI=1S/C9H18N2O/c1-8(4-5-10)11-6-9(2,3)7-12/h8,11-12H,4,6-7H2,1-3H3. The van der Waals surface area contributed by atoms with Crippen molar-refractivity contribution in [3.05, 3.63) is 0 Å². The van der Waals surface area contributed by atoms with Crippen molar-refractivity contribution in [3.63, 3.8) is 0 Å². The molecule has 0 aromatic carbocycles. The third-order valence-electron chi connectivity index (χ3n) is 1.75. The Morgan fingerprint density at radius 1 is 1.58 bits per heavy atom. The molecule has 3 nitrogen and oxygen atoms in total. The van der Waals surface area contributed by atoms with Gasteiger partial charge in [0.2, 0.25) is 0 Å². The molecular weight excluding hydrogens is 152 g/mol. The molecule has 0 saturated heterocycles. The molecule has 1 atom stereocenters. The van der Waals surface area contributed by atoms with E-state index in [1.807, 2.05) is 20.8 Å². The zero-order valence-electron chi connectivity index (χ0n) is 8.09. The minimum absolute atomic E-state index is 0.0935. The Balaban J connectivity index is 3.61. The molecule has 0 amide bonds. The predicted octanol–water partition coefficient (Wildman–Crippen LogP) is 0.897. The molecule has 1 unspecified atom stereocenters. The van der Waals surface area contributed by atoms with Crippen LogP contribution in [-0.4, -0.2) is 24.3 Å². The fourth-order valence-electron chi connectivity index (χ4n) is 0.716. The molecule has 0 aliphatic heterocycles. The molecule has 0 bridgehead atoms. The average Bonchev–Trinajstić information content (AvgIpc) is 2.02. The van der Waals surface area contributed by atoms with E-state index in [0.29, 0.717) is 6.42 Å². The van der Waals surface area contributed by atoms with Crippen molar-refractivity contribution in [2.75, 3.05) is 13.2 Å². The summed E-state index contributed by atoms with van der Waals surface area (Å²) >= 11 is 0. The molecule has 0 aromatic heterocycles. The number of hydrogen-bond donors (Lipinski definition) is 2. The van der Waals surface area contributed by atoms with Crippen LogP contribution in [0, 0.1) is 16.7 Å². The summed E-state index contributed by atoms with van der Waals surface area (Å²) in [4.78, 5) is 0. The summed E-state index contributed by atoms with van der Waals surface area (Å²) in [6.07, 6.45) is 0.515. The van der Waals surface area contributed by atoms with Crippen LogP contribution in [0.15, 0.2) is 0 Å². The zero-order valence-corrected chi connectivity index (χ0v) is 8.09. The number of aliphatic hydroxyl groups excluding tert-OH is 1. The van der Waals surface area contributed by atoms with Gasteiger partial charge in [0, 0.05) is 24.6 Å². The number of nitriles is 1. The smallest absolute Gasteiger partial charge is 0.0638 e. The van der Waals surface area contributed by atoms with E-state index in [1.165, 1.54) is 0 Å². The summed E-state index contributed by atoms with van der Waals surface area (Å²) < 4.78 is 0. The van der Waals surface area contributed by atoms with Crippen molar-refractivity contribution in [1.29, 1.82) is 5.26 Å². The first-order chi connectivity index (χ1) is 5.52. The summed E-state index contributed by atoms with van der Waals surface area (Å²) in [5.41, 5.74) is -0.0935. The van der Waals surface area contributed by atoms with Gasteiger partial charge in [-0.15, -0.1) is 0 Å². The van der Waals surface area contributed by atoms with Crippen LogP contribution < -0.4 is 5.32 Å². The first-order valence-corrected chi connectivity index (χ1v) is 4.23. The number of nitrogens with zero attached hydrogens (tertiary/aromatic N) is 1. The Kier molecular flexibility index (Phi) is 4.87. The highest BCUT2D eigenvalue weighted by atomic mass is 16.3. The normalized spacial score (nSPS) is 13.9. The van der Waals surface area contributed by atoms with E-state index in [4.69, 9.17) is 10.4 Å². The minimum atomic E-state index is -0.0935. The van der Waals surface area contributed by atoms with Crippen molar-refractivity contribution < 1.29 is 5.11 Å². The molecule has 0 aliphatic rings. The Hall–Kier alpha value is -0.590. The highest BCUT2D eigenvalue weighted by molar-refractivity contribution is 4.79. The average molecular weight is 170 g/mol. The van der Waals surface area contributed by atoms with Crippen LogP contribution in [0.1, 0.15) is 27.2 Å². The van der Waals surface area contributed by atoms with Gasteiger partial charge in [-0.05, 0) is 6.92 Å². The molecule has 3 heteroatoms. The highest BCUT2D eigenvalue weighted by Crippen LogP contribution is 2.11. The van der Waals surface area contributed by atoms with Gasteiger partial charge in [-0.2, -0.15) is 5.26 Å². The Bertz CT molecular complexity index is 160. The van der Waals surface area contributed by atoms with Crippen molar-refractivity contribution in [3.8, 4) is 6.07 Å². The molecule has 0 saturated carbocycles. The van der Waals surface area contributed by atoms with Gasteiger partial charge in [0.25, 0.3) is 0 Å². The van der Waals surface area contributed by atoms with Crippen LogP contribution in [0.2, 0.25) is 0 Å². The van der Waals surface area contributed by atoms with E-state index in [-0.39, 0.29) is 18.1 Å². The quantitative estimate of drug-likeness (QED) is 0.644. The summed E-state index contributed by atoms with van der Waals surface area (Å²) in [6, 6.07) is 2.31. The maximum atomic E-state index is 8.93. The van der Waals surface area contributed by atoms with Crippen LogP contribution in [0.4, 0.5) is 0 Å². The van der Waals surface area contributed by atoms with Gasteiger partial charge >= 0.3 is 0 Å². The van der Waals surface area contributed by atoms with Crippen LogP contribution >= 0.6 is 0 Å². The highest BCUT2D eigenvalue weighted by Gasteiger charge is 2.16. The number of hydrogen-bond acceptors (Lipinski definition) is 3. The second-order valence-corrected chi connectivity index (χ2v) is 3.97. The van der Waals surface area contributed by atoms with E-state index < -0.39 is 0 Å². The zero-order chi connectivity index (χ0) is 9.61. The third kappa shape index (κ3) is 5.11. The van der Waals surface area contributed by atoms with Gasteiger partial charge in [0.15, 0.2) is 0 Å². The van der Waals surface area contributed by atoms with Gasteiger partial charge in [-0.25, -0.2) is 0 Å². The lowest BCUT2D eigenvalue weighted by Gasteiger charge is -2.23. The fourth-order valence-corrected chi connectivity index (χ4v) is 0.716. The van der Waals surface area contributed by atoms with E-state index in [2.05, 4.69) is 11.4 Å². The Labute approximate surface area is 74.4 Å². The molecule has 2 N–H and O–H groups in total. The first kappa shape index (κ1) is 11.4. The van der Waals surface area contributed by atoms with Crippen LogP contribution in [0.25, 0.3) is 0 Å². The summed E-state index contributed by atoms with van der Waals surface area (Å²) in [5, 5.41) is 20.5. The van der Waals surface area contributed by atoms with Crippen molar-refractivity contribution in [2.45, 2.75) is 33.2 Å². The molecule has 0 aromatic rings. The maximum Gasteiger partial charge on any atom is 0.0638 e. The second-order valence-electron chi connectivity index (χ2n) is 3.97. The molecule has 0 fully saturated rings. The Morgan fingerprint density at radius 2 is 2.17 bits per heavy atom. The summed E-state index contributed by atoms with van der Waals surface area (Å²) in [5.74, 6) is 0. The SMILES string of the molecule is CC(CC#N)NCC(C)(C)CO.